The molecule has 0 unspecified atom stereocenters. The van der Waals surface area contributed by atoms with Gasteiger partial charge in [0.2, 0.25) is 0 Å². The van der Waals surface area contributed by atoms with Gasteiger partial charge in [-0.3, -0.25) is 0 Å². The van der Waals surface area contributed by atoms with Crippen molar-refractivity contribution in [3.8, 4) is 0 Å². The number of imidazole rings is 1. The molecule has 0 aliphatic rings. The Morgan fingerprint density at radius 2 is 2.10 bits per heavy atom. The van der Waals surface area contributed by atoms with E-state index in [1.165, 1.54) is 0 Å². The maximum absolute atomic E-state index is 4.54. The first-order valence-corrected chi connectivity index (χ1v) is 7.20. The highest BCUT2D eigenvalue weighted by Gasteiger charge is 2.05. The predicted molar refractivity (Wildman–Crippen MR) is 80.8 cm³/mol. The number of hydrogen-bond acceptors (Lipinski definition) is 4. The van der Waals surface area contributed by atoms with Gasteiger partial charge in [-0.25, -0.2) is 15.0 Å². The number of aryl methyl sites for hydroxylation is 2. The summed E-state index contributed by atoms with van der Waals surface area (Å²) in [5, 5.41) is 3.38. The molecule has 0 fully saturated rings. The molecule has 2 aromatic rings. The zero-order chi connectivity index (χ0) is 14.4. The van der Waals surface area contributed by atoms with Crippen LogP contribution in [0.4, 0.5) is 5.82 Å². The molecule has 2 rings (SSSR count). The van der Waals surface area contributed by atoms with E-state index < -0.39 is 0 Å². The van der Waals surface area contributed by atoms with Crippen molar-refractivity contribution in [1.82, 2.24) is 19.5 Å². The van der Waals surface area contributed by atoms with Crippen LogP contribution in [0.1, 0.15) is 44.1 Å². The molecule has 0 saturated carbocycles. The Labute approximate surface area is 120 Å². The molecule has 2 heterocycles. The SMILES string of the molecule is Cc1cc(NCCCCn2ccnc2)nc(C(C)C)n1. The third-order valence-corrected chi connectivity index (χ3v) is 3.10. The number of nitrogens with zero attached hydrogens (tertiary/aromatic N) is 4. The number of rotatable bonds is 7. The summed E-state index contributed by atoms with van der Waals surface area (Å²) in [6, 6.07) is 2.00. The fourth-order valence-electron chi connectivity index (χ4n) is 2.00. The average Bonchev–Trinajstić information content (AvgIpc) is 2.91. The summed E-state index contributed by atoms with van der Waals surface area (Å²) in [5.74, 6) is 2.20. The van der Waals surface area contributed by atoms with Gasteiger partial charge in [0.25, 0.3) is 0 Å². The number of unbranched alkanes of at least 4 members (excludes halogenated alkanes) is 1. The van der Waals surface area contributed by atoms with Gasteiger partial charge in [-0.2, -0.15) is 0 Å². The minimum Gasteiger partial charge on any atom is -0.370 e. The van der Waals surface area contributed by atoms with E-state index in [0.717, 1.165) is 43.3 Å². The predicted octanol–water partition coefficient (Wildman–Crippen LogP) is 3.00. The zero-order valence-corrected chi connectivity index (χ0v) is 12.5. The molecule has 5 heteroatoms. The molecule has 108 valence electrons. The third-order valence-electron chi connectivity index (χ3n) is 3.10. The molecule has 0 aromatic carbocycles. The summed E-state index contributed by atoms with van der Waals surface area (Å²) in [6.45, 7) is 8.19. The first-order chi connectivity index (χ1) is 9.65. The lowest BCUT2D eigenvalue weighted by Gasteiger charge is -2.10. The molecular weight excluding hydrogens is 250 g/mol. The fourth-order valence-corrected chi connectivity index (χ4v) is 2.00. The van der Waals surface area contributed by atoms with Gasteiger partial charge in [-0.05, 0) is 19.8 Å². The summed E-state index contributed by atoms with van der Waals surface area (Å²) < 4.78 is 2.10. The van der Waals surface area contributed by atoms with Crippen molar-refractivity contribution in [2.75, 3.05) is 11.9 Å². The van der Waals surface area contributed by atoms with Crippen LogP contribution in [0, 0.1) is 6.92 Å². The van der Waals surface area contributed by atoms with E-state index in [9.17, 15) is 0 Å². The Morgan fingerprint density at radius 1 is 1.25 bits per heavy atom. The highest BCUT2D eigenvalue weighted by atomic mass is 15.0. The lowest BCUT2D eigenvalue weighted by Crippen LogP contribution is -2.08. The smallest absolute Gasteiger partial charge is 0.133 e. The van der Waals surface area contributed by atoms with E-state index in [0.29, 0.717) is 5.92 Å². The minimum absolute atomic E-state index is 0.358. The average molecular weight is 273 g/mol. The molecule has 5 nitrogen and oxygen atoms in total. The van der Waals surface area contributed by atoms with E-state index >= 15 is 0 Å². The normalized spacial score (nSPS) is 11.0. The van der Waals surface area contributed by atoms with Crippen LogP contribution >= 0.6 is 0 Å². The van der Waals surface area contributed by atoms with Gasteiger partial charge >= 0.3 is 0 Å². The maximum Gasteiger partial charge on any atom is 0.133 e. The number of nitrogens with one attached hydrogen (secondary N) is 1. The first kappa shape index (κ1) is 14.5. The molecule has 0 atom stereocenters. The maximum atomic E-state index is 4.54. The molecule has 0 aliphatic heterocycles. The molecule has 0 saturated heterocycles. The van der Waals surface area contributed by atoms with Crippen molar-refractivity contribution in [2.24, 2.45) is 0 Å². The zero-order valence-electron chi connectivity index (χ0n) is 12.5. The Bertz CT molecular complexity index is 519. The van der Waals surface area contributed by atoms with Crippen molar-refractivity contribution in [1.29, 1.82) is 0 Å². The minimum atomic E-state index is 0.358. The van der Waals surface area contributed by atoms with Gasteiger partial charge in [0.1, 0.15) is 11.6 Å². The molecule has 0 amide bonds. The quantitative estimate of drug-likeness (QED) is 0.788. The summed E-state index contributed by atoms with van der Waals surface area (Å²) in [7, 11) is 0. The molecule has 0 spiro atoms. The van der Waals surface area contributed by atoms with Crippen molar-refractivity contribution in [2.45, 2.75) is 46.1 Å². The van der Waals surface area contributed by atoms with Gasteiger partial charge in [-0.15, -0.1) is 0 Å². The molecule has 0 radical (unpaired) electrons. The van der Waals surface area contributed by atoms with Gasteiger partial charge < -0.3 is 9.88 Å². The second-order valence-electron chi connectivity index (χ2n) is 5.34. The number of anilines is 1. The van der Waals surface area contributed by atoms with E-state index in [1.54, 1.807) is 0 Å². The van der Waals surface area contributed by atoms with Gasteiger partial charge in [0.05, 0.1) is 6.33 Å². The highest BCUT2D eigenvalue weighted by Crippen LogP contribution is 2.13. The Kier molecular flexibility index (Phi) is 5.09. The topological polar surface area (TPSA) is 55.6 Å². The second kappa shape index (κ2) is 7.03. The Hall–Kier alpha value is -1.91. The van der Waals surface area contributed by atoms with Crippen LogP contribution in [-0.4, -0.2) is 26.1 Å². The molecule has 20 heavy (non-hydrogen) atoms. The van der Waals surface area contributed by atoms with Gasteiger partial charge in [0.15, 0.2) is 0 Å². The standard InChI is InChI=1S/C15H23N5/c1-12(2)15-18-13(3)10-14(19-15)17-6-4-5-8-20-9-7-16-11-20/h7,9-12H,4-6,8H2,1-3H3,(H,17,18,19). The van der Waals surface area contributed by atoms with E-state index in [2.05, 4.69) is 38.7 Å². The van der Waals surface area contributed by atoms with Crippen LogP contribution < -0.4 is 5.32 Å². The largest absolute Gasteiger partial charge is 0.370 e. The van der Waals surface area contributed by atoms with Crippen LogP contribution in [-0.2, 0) is 6.54 Å². The van der Waals surface area contributed by atoms with Crippen molar-refractivity contribution >= 4 is 5.82 Å². The molecule has 1 N–H and O–H groups in total. The second-order valence-corrected chi connectivity index (χ2v) is 5.34. The molecular formula is C15H23N5. The van der Waals surface area contributed by atoms with Crippen molar-refractivity contribution in [3.63, 3.8) is 0 Å². The van der Waals surface area contributed by atoms with Crippen LogP contribution in [0.5, 0.6) is 0 Å². The van der Waals surface area contributed by atoms with Crippen LogP contribution in [0.3, 0.4) is 0 Å². The first-order valence-electron chi connectivity index (χ1n) is 7.20. The Morgan fingerprint density at radius 3 is 2.80 bits per heavy atom. The number of hydrogen-bond donors (Lipinski definition) is 1. The van der Waals surface area contributed by atoms with E-state index in [4.69, 9.17) is 0 Å². The van der Waals surface area contributed by atoms with Crippen molar-refractivity contribution < 1.29 is 0 Å². The van der Waals surface area contributed by atoms with Gasteiger partial charge in [-0.1, -0.05) is 13.8 Å². The third kappa shape index (κ3) is 4.33. The van der Waals surface area contributed by atoms with Crippen LogP contribution in [0.25, 0.3) is 0 Å². The summed E-state index contributed by atoms with van der Waals surface area (Å²) in [6.07, 6.45) is 7.91. The summed E-state index contributed by atoms with van der Waals surface area (Å²) in [4.78, 5) is 13.0. The highest BCUT2D eigenvalue weighted by molar-refractivity contribution is 5.36. The lowest BCUT2D eigenvalue weighted by molar-refractivity contribution is 0.620. The van der Waals surface area contributed by atoms with E-state index in [-0.39, 0.29) is 0 Å². The van der Waals surface area contributed by atoms with Gasteiger partial charge in [0, 0.05) is 43.2 Å². The van der Waals surface area contributed by atoms with Crippen LogP contribution in [0.15, 0.2) is 24.8 Å². The molecule has 0 aliphatic carbocycles. The number of aromatic nitrogens is 4. The van der Waals surface area contributed by atoms with Crippen molar-refractivity contribution in [3.05, 3.63) is 36.3 Å². The monoisotopic (exact) mass is 273 g/mol. The summed E-state index contributed by atoms with van der Waals surface area (Å²) in [5.41, 5.74) is 1.02. The Balaban J connectivity index is 1.76. The lowest BCUT2D eigenvalue weighted by atomic mass is 10.2. The molecule has 2 aromatic heterocycles. The fraction of sp³-hybridized carbons (Fsp3) is 0.533. The van der Waals surface area contributed by atoms with Crippen LogP contribution in [0.2, 0.25) is 0 Å². The van der Waals surface area contributed by atoms with E-state index in [1.807, 2.05) is 31.7 Å². The molecule has 0 bridgehead atoms. The summed E-state index contributed by atoms with van der Waals surface area (Å²) >= 11 is 0.